The van der Waals surface area contributed by atoms with E-state index >= 15 is 0 Å². The Morgan fingerprint density at radius 2 is 2.13 bits per heavy atom. The van der Waals surface area contributed by atoms with Crippen LogP contribution in [0, 0.1) is 5.92 Å². The van der Waals surface area contributed by atoms with Crippen LogP contribution >= 0.6 is 11.3 Å². The van der Waals surface area contributed by atoms with Gasteiger partial charge in [-0.3, -0.25) is 9.59 Å². The summed E-state index contributed by atoms with van der Waals surface area (Å²) in [6.45, 7) is 0.851. The molecule has 8 nitrogen and oxygen atoms in total. The van der Waals surface area contributed by atoms with Gasteiger partial charge in [0.2, 0.25) is 11.8 Å². The minimum absolute atomic E-state index is 0.130. The molecule has 9 heteroatoms. The third kappa shape index (κ3) is 4.02. The Bertz CT molecular complexity index is 1050. The van der Waals surface area contributed by atoms with E-state index in [0.717, 1.165) is 4.88 Å². The molecule has 3 aromatic rings. The van der Waals surface area contributed by atoms with Crippen molar-refractivity contribution < 1.29 is 19.1 Å². The molecule has 1 saturated heterocycles. The van der Waals surface area contributed by atoms with Crippen molar-refractivity contribution in [3.05, 3.63) is 52.9 Å². The monoisotopic (exact) mass is 426 g/mol. The summed E-state index contributed by atoms with van der Waals surface area (Å²) in [5, 5.41) is 9.21. The first kappa shape index (κ1) is 20.0. The summed E-state index contributed by atoms with van der Waals surface area (Å²) >= 11 is 1.63. The quantitative estimate of drug-likeness (QED) is 0.628. The predicted molar refractivity (Wildman–Crippen MR) is 114 cm³/mol. The maximum absolute atomic E-state index is 12.9. The number of amides is 2. The summed E-state index contributed by atoms with van der Waals surface area (Å²) in [6.07, 6.45) is 1.78. The van der Waals surface area contributed by atoms with Crippen LogP contribution < -0.4 is 19.7 Å². The van der Waals surface area contributed by atoms with Gasteiger partial charge in [0.15, 0.2) is 0 Å². The van der Waals surface area contributed by atoms with E-state index < -0.39 is 5.92 Å². The lowest BCUT2D eigenvalue weighted by Gasteiger charge is -2.20. The van der Waals surface area contributed by atoms with Crippen LogP contribution in [-0.2, 0) is 16.1 Å². The average Bonchev–Trinajstić information content (AvgIpc) is 3.50. The van der Waals surface area contributed by atoms with Gasteiger partial charge in [-0.15, -0.1) is 11.3 Å². The van der Waals surface area contributed by atoms with Crippen molar-refractivity contribution in [2.45, 2.75) is 13.0 Å². The zero-order valence-electron chi connectivity index (χ0n) is 16.7. The molecule has 1 aliphatic rings. The summed E-state index contributed by atoms with van der Waals surface area (Å²) in [4.78, 5) is 28.3. The number of ether oxygens (including phenoxy) is 2. The normalized spacial score (nSPS) is 16.0. The largest absolute Gasteiger partial charge is 0.497 e. The Hall–Kier alpha value is -3.33. The standard InChI is InChI=1S/C21H22N4O4S/c1-28-15-5-6-18(29-2)17(11-15)24-12-14(10-20(24)26)21(27)23-19-7-8-22-25(19)13-16-4-3-9-30-16/h3-9,11,14H,10,12-13H2,1-2H3,(H,23,27)/t14-/m0/s1. The van der Waals surface area contributed by atoms with Gasteiger partial charge in [0.05, 0.1) is 38.6 Å². The molecule has 2 amide bonds. The van der Waals surface area contributed by atoms with Gasteiger partial charge in [0, 0.05) is 30.0 Å². The summed E-state index contributed by atoms with van der Waals surface area (Å²) in [6, 6.07) is 11.0. The lowest BCUT2D eigenvalue weighted by atomic mass is 10.1. The molecule has 0 aliphatic carbocycles. The number of anilines is 2. The molecular weight excluding hydrogens is 404 g/mol. The minimum Gasteiger partial charge on any atom is -0.497 e. The Morgan fingerprint density at radius 3 is 2.87 bits per heavy atom. The highest BCUT2D eigenvalue weighted by molar-refractivity contribution is 7.09. The number of hydrogen-bond donors (Lipinski definition) is 1. The molecule has 1 fully saturated rings. The minimum atomic E-state index is -0.474. The highest BCUT2D eigenvalue weighted by Crippen LogP contribution is 2.36. The fraction of sp³-hybridized carbons (Fsp3) is 0.286. The molecule has 1 atom stereocenters. The highest BCUT2D eigenvalue weighted by atomic mass is 32.1. The third-order valence-electron chi connectivity index (χ3n) is 5.03. The van der Waals surface area contributed by atoms with Crippen molar-refractivity contribution in [1.82, 2.24) is 9.78 Å². The van der Waals surface area contributed by atoms with E-state index in [2.05, 4.69) is 10.4 Å². The van der Waals surface area contributed by atoms with E-state index in [-0.39, 0.29) is 24.8 Å². The van der Waals surface area contributed by atoms with E-state index in [1.807, 2.05) is 17.5 Å². The molecule has 1 aliphatic heterocycles. The molecular formula is C21H22N4O4S. The van der Waals surface area contributed by atoms with E-state index in [4.69, 9.17) is 9.47 Å². The molecule has 1 aromatic carbocycles. The van der Waals surface area contributed by atoms with Gasteiger partial charge in [0.25, 0.3) is 0 Å². The summed E-state index contributed by atoms with van der Waals surface area (Å²) < 4.78 is 12.4. The Labute approximate surface area is 178 Å². The second-order valence-electron chi connectivity index (χ2n) is 6.89. The van der Waals surface area contributed by atoms with Gasteiger partial charge in [0.1, 0.15) is 17.3 Å². The zero-order chi connectivity index (χ0) is 21.1. The lowest BCUT2D eigenvalue weighted by molar-refractivity contribution is -0.122. The molecule has 0 unspecified atom stereocenters. The van der Waals surface area contributed by atoms with Crippen molar-refractivity contribution >= 4 is 34.7 Å². The smallest absolute Gasteiger partial charge is 0.230 e. The van der Waals surface area contributed by atoms with E-state index in [9.17, 15) is 9.59 Å². The summed E-state index contributed by atoms with van der Waals surface area (Å²) in [5.74, 6) is 0.967. The van der Waals surface area contributed by atoms with Gasteiger partial charge in [-0.25, -0.2) is 4.68 Å². The van der Waals surface area contributed by atoms with Crippen molar-refractivity contribution in [2.24, 2.45) is 5.92 Å². The van der Waals surface area contributed by atoms with Crippen molar-refractivity contribution in [1.29, 1.82) is 0 Å². The molecule has 0 spiro atoms. The molecule has 0 radical (unpaired) electrons. The Morgan fingerprint density at radius 1 is 1.27 bits per heavy atom. The van der Waals surface area contributed by atoms with Crippen LogP contribution in [0.3, 0.4) is 0 Å². The second kappa shape index (κ2) is 8.58. The van der Waals surface area contributed by atoms with Crippen LogP contribution in [0.15, 0.2) is 48.0 Å². The highest BCUT2D eigenvalue weighted by Gasteiger charge is 2.36. The SMILES string of the molecule is COc1ccc(OC)c(N2C[C@@H](C(=O)Nc3ccnn3Cc3cccs3)CC2=O)c1. The Kier molecular flexibility index (Phi) is 5.71. The van der Waals surface area contributed by atoms with Crippen molar-refractivity contribution in [2.75, 3.05) is 31.0 Å². The van der Waals surface area contributed by atoms with Crippen LogP contribution in [0.4, 0.5) is 11.5 Å². The molecule has 30 heavy (non-hydrogen) atoms. The van der Waals surface area contributed by atoms with Crippen LogP contribution in [0.1, 0.15) is 11.3 Å². The van der Waals surface area contributed by atoms with Crippen LogP contribution in [-0.4, -0.2) is 42.4 Å². The first-order valence-corrected chi connectivity index (χ1v) is 10.3. The van der Waals surface area contributed by atoms with Gasteiger partial charge < -0.3 is 19.7 Å². The fourth-order valence-corrected chi connectivity index (χ4v) is 4.15. The van der Waals surface area contributed by atoms with E-state index in [1.165, 1.54) is 0 Å². The summed E-state index contributed by atoms with van der Waals surface area (Å²) in [7, 11) is 3.11. The number of nitrogens with zero attached hydrogens (tertiary/aromatic N) is 3. The number of carbonyl (C=O) groups excluding carboxylic acids is 2. The average molecular weight is 426 g/mol. The number of methoxy groups -OCH3 is 2. The maximum atomic E-state index is 12.9. The lowest BCUT2D eigenvalue weighted by Crippen LogP contribution is -2.29. The number of rotatable bonds is 7. The van der Waals surface area contributed by atoms with Crippen molar-refractivity contribution in [3.8, 4) is 11.5 Å². The molecule has 4 rings (SSSR count). The first-order chi connectivity index (χ1) is 14.6. The van der Waals surface area contributed by atoms with Gasteiger partial charge in [-0.1, -0.05) is 6.07 Å². The number of hydrogen-bond acceptors (Lipinski definition) is 6. The van der Waals surface area contributed by atoms with E-state index in [1.54, 1.807) is 65.6 Å². The summed E-state index contributed by atoms with van der Waals surface area (Å²) in [5.41, 5.74) is 0.597. The van der Waals surface area contributed by atoms with Gasteiger partial charge in [-0.05, 0) is 23.6 Å². The number of nitrogens with one attached hydrogen (secondary N) is 1. The molecule has 156 valence electrons. The van der Waals surface area contributed by atoms with Crippen molar-refractivity contribution in [3.63, 3.8) is 0 Å². The molecule has 3 heterocycles. The number of benzene rings is 1. The van der Waals surface area contributed by atoms with Gasteiger partial charge >= 0.3 is 0 Å². The number of thiophene rings is 1. The molecule has 0 saturated carbocycles. The molecule has 2 aromatic heterocycles. The predicted octanol–water partition coefficient (Wildman–Crippen LogP) is 3.00. The third-order valence-corrected chi connectivity index (χ3v) is 5.89. The van der Waals surface area contributed by atoms with E-state index in [0.29, 0.717) is 29.5 Å². The fourth-order valence-electron chi connectivity index (χ4n) is 3.47. The topological polar surface area (TPSA) is 85.7 Å². The van der Waals surface area contributed by atoms with Gasteiger partial charge in [-0.2, -0.15) is 5.10 Å². The maximum Gasteiger partial charge on any atom is 0.230 e. The molecule has 1 N–H and O–H groups in total. The second-order valence-corrected chi connectivity index (χ2v) is 7.92. The molecule has 0 bridgehead atoms. The van der Waals surface area contributed by atoms with Crippen LogP contribution in [0.25, 0.3) is 0 Å². The number of aromatic nitrogens is 2. The van der Waals surface area contributed by atoms with Crippen LogP contribution in [0.5, 0.6) is 11.5 Å². The zero-order valence-corrected chi connectivity index (χ0v) is 17.5. The number of carbonyl (C=O) groups is 2. The first-order valence-electron chi connectivity index (χ1n) is 9.46. The Balaban J connectivity index is 1.47. The van der Waals surface area contributed by atoms with Crippen LogP contribution in [0.2, 0.25) is 0 Å².